The molecule has 1 amide bonds. The Balaban J connectivity index is 3.03. The molecule has 10 heavy (non-hydrogen) atoms. The normalized spacial score (nSPS) is 8.90. The highest BCUT2D eigenvalue weighted by atomic mass is 16.5. The number of hydrogen-bond donors (Lipinski definition) is 2. The van der Waals surface area contributed by atoms with Crippen molar-refractivity contribution in [3.63, 3.8) is 0 Å². The molecule has 0 aromatic carbocycles. The van der Waals surface area contributed by atoms with Gasteiger partial charge in [0.25, 0.3) is 0 Å². The Labute approximate surface area is 59.2 Å². The van der Waals surface area contributed by atoms with E-state index in [0.29, 0.717) is 19.3 Å². The van der Waals surface area contributed by atoms with E-state index < -0.39 is 5.91 Å². The van der Waals surface area contributed by atoms with Crippen LogP contribution >= 0.6 is 0 Å². The van der Waals surface area contributed by atoms with Crippen LogP contribution < -0.4 is 5.48 Å². The van der Waals surface area contributed by atoms with Gasteiger partial charge in [-0.25, -0.2) is 5.48 Å². The maximum atomic E-state index is 10.3. The first-order valence-corrected chi connectivity index (χ1v) is 3.18. The average molecular weight is 145 g/mol. The molecule has 0 unspecified atom stereocenters. The topological polar surface area (TPSA) is 66.4 Å². The fourth-order valence-corrected chi connectivity index (χ4v) is 0.569. The number of hydroxylamine groups is 1. The predicted octanol–water partition coefficient (Wildman–Crippen LogP) is 0.251. The van der Waals surface area contributed by atoms with Crippen molar-refractivity contribution in [3.8, 4) is 0 Å². The van der Waals surface area contributed by atoms with Crippen molar-refractivity contribution in [2.75, 3.05) is 0 Å². The summed E-state index contributed by atoms with van der Waals surface area (Å²) in [6, 6.07) is 0. The Morgan fingerprint density at radius 3 is 2.70 bits per heavy atom. The van der Waals surface area contributed by atoms with E-state index in [0.717, 1.165) is 6.29 Å². The molecule has 4 nitrogen and oxygen atoms in total. The highest BCUT2D eigenvalue weighted by Crippen LogP contribution is 1.96. The van der Waals surface area contributed by atoms with Crippen LogP contribution in [-0.2, 0) is 9.59 Å². The first kappa shape index (κ1) is 9.10. The number of nitrogens with one attached hydrogen (secondary N) is 1. The molecule has 0 aliphatic rings. The van der Waals surface area contributed by atoms with Crippen molar-refractivity contribution < 1.29 is 14.8 Å². The van der Waals surface area contributed by atoms with Crippen LogP contribution in [-0.4, -0.2) is 17.4 Å². The molecule has 0 saturated heterocycles. The summed E-state index contributed by atoms with van der Waals surface area (Å²) in [5, 5.41) is 8.02. The molecule has 0 aromatic rings. The first-order chi connectivity index (χ1) is 4.81. The van der Waals surface area contributed by atoms with Gasteiger partial charge in [0.05, 0.1) is 0 Å². The van der Waals surface area contributed by atoms with E-state index in [2.05, 4.69) is 0 Å². The zero-order valence-electron chi connectivity index (χ0n) is 5.67. The van der Waals surface area contributed by atoms with Crippen molar-refractivity contribution in [3.05, 3.63) is 0 Å². The van der Waals surface area contributed by atoms with E-state index in [-0.39, 0.29) is 6.42 Å². The van der Waals surface area contributed by atoms with Crippen molar-refractivity contribution in [1.29, 1.82) is 0 Å². The quantitative estimate of drug-likeness (QED) is 0.252. The molecule has 0 aliphatic heterocycles. The third-order valence-electron chi connectivity index (χ3n) is 1.10. The van der Waals surface area contributed by atoms with Gasteiger partial charge in [-0.05, 0) is 12.8 Å². The maximum Gasteiger partial charge on any atom is 0.243 e. The van der Waals surface area contributed by atoms with Crippen molar-refractivity contribution in [2.24, 2.45) is 0 Å². The molecule has 2 N–H and O–H groups in total. The Morgan fingerprint density at radius 2 is 2.20 bits per heavy atom. The van der Waals surface area contributed by atoms with Gasteiger partial charge in [0.2, 0.25) is 5.91 Å². The summed E-state index contributed by atoms with van der Waals surface area (Å²) in [5.74, 6) is -0.397. The van der Waals surface area contributed by atoms with E-state index in [1.165, 1.54) is 5.48 Å². The predicted molar refractivity (Wildman–Crippen MR) is 34.5 cm³/mol. The lowest BCUT2D eigenvalue weighted by Crippen LogP contribution is -2.17. The Kier molecular flexibility index (Phi) is 5.66. The lowest BCUT2D eigenvalue weighted by atomic mass is 10.2. The third kappa shape index (κ3) is 5.24. The molecule has 0 heterocycles. The Bertz CT molecular complexity index is 114. The van der Waals surface area contributed by atoms with Crippen LogP contribution in [0.15, 0.2) is 0 Å². The van der Waals surface area contributed by atoms with Gasteiger partial charge in [0.1, 0.15) is 6.29 Å². The van der Waals surface area contributed by atoms with Crippen LogP contribution in [0.1, 0.15) is 25.7 Å². The van der Waals surface area contributed by atoms with Gasteiger partial charge in [0.15, 0.2) is 0 Å². The summed E-state index contributed by atoms with van der Waals surface area (Å²) in [4.78, 5) is 20.1. The Morgan fingerprint density at radius 1 is 1.50 bits per heavy atom. The monoisotopic (exact) mass is 145 g/mol. The molecule has 0 aromatic heterocycles. The van der Waals surface area contributed by atoms with Crippen LogP contribution in [0.25, 0.3) is 0 Å². The average Bonchev–Trinajstić information content (AvgIpc) is 1.98. The fourth-order valence-electron chi connectivity index (χ4n) is 0.569. The number of carbonyl (C=O) groups is 2. The molecule has 0 fully saturated rings. The maximum absolute atomic E-state index is 10.3. The second kappa shape index (κ2) is 6.22. The van der Waals surface area contributed by atoms with E-state index in [4.69, 9.17) is 5.21 Å². The number of hydrogen-bond acceptors (Lipinski definition) is 3. The van der Waals surface area contributed by atoms with Crippen LogP contribution in [0.2, 0.25) is 0 Å². The van der Waals surface area contributed by atoms with Crippen LogP contribution in [0.3, 0.4) is 0 Å². The number of carbonyl (C=O) groups excluding carboxylic acids is 2. The van der Waals surface area contributed by atoms with Gasteiger partial charge in [-0.15, -0.1) is 0 Å². The standard InChI is InChI=1S/C6H11NO3/c8-5-3-1-2-4-6(9)7-10/h5,10H,1-4H2,(H,7,9). The number of rotatable bonds is 5. The molecule has 0 bridgehead atoms. The third-order valence-corrected chi connectivity index (χ3v) is 1.10. The molecule has 4 heteroatoms. The van der Waals surface area contributed by atoms with Gasteiger partial charge in [0, 0.05) is 12.8 Å². The van der Waals surface area contributed by atoms with E-state index in [1.54, 1.807) is 0 Å². The molecule has 0 radical (unpaired) electrons. The lowest BCUT2D eigenvalue weighted by Gasteiger charge is -1.94. The zero-order valence-corrected chi connectivity index (χ0v) is 5.67. The molecule has 58 valence electrons. The second-order valence-electron chi connectivity index (χ2n) is 1.95. The van der Waals surface area contributed by atoms with E-state index in [1.807, 2.05) is 0 Å². The smallest absolute Gasteiger partial charge is 0.243 e. The van der Waals surface area contributed by atoms with Gasteiger partial charge in [-0.3, -0.25) is 10.0 Å². The highest BCUT2D eigenvalue weighted by molar-refractivity contribution is 5.74. The highest BCUT2D eigenvalue weighted by Gasteiger charge is 1.96. The molecule has 0 rings (SSSR count). The molecular formula is C6H11NO3. The molecular weight excluding hydrogens is 134 g/mol. The second-order valence-corrected chi connectivity index (χ2v) is 1.95. The van der Waals surface area contributed by atoms with Gasteiger partial charge < -0.3 is 4.79 Å². The summed E-state index contributed by atoms with van der Waals surface area (Å²) < 4.78 is 0. The SMILES string of the molecule is O=CCCCCC(=O)NO. The van der Waals surface area contributed by atoms with Crippen molar-refractivity contribution in [2.45, 2.75) is 25.7 Å². The summed E-state index contributed by atoms with van der Waals surface area (Å²) >= 11 is 0. The minimum absolute atomic E-state index is 0.282. The molecule has 0 aliphatic carbocycles. The summed E-state index contributed by atoms with van der Waals surface area (Å²) in [5.41, 5.74) is 1.51. The van der Waals surface area contributed by atoms with Crippen LogP contribution in [0.5, 0.6) is 0 Å². The van der Waals surface area contributed by atoms with Crippen molar-refractivity contribution in [1.82, 2.24) is 5.48 Å². The molecule has 0 atom stereocenters. The van der Waals surface area contributed by atoms with E-state index >= 15 is 0 Å². The summed E-state index contributed by atoms with van der Waals surface area (Å²) in [6.07, 6.45) is 2.93. The van der Waals surface area contributed by atoms with Crippen molar-refractivity contribution >= 4 is 12.2 Å². The molecule has 0 spiro atoms. The zero-order chi connectivity index (χ0) is 7.82. The van der Waals surface area contributed by atoms with Gasteiger partial charge in [-0.1, -0.05) is 0 Å². The minimum Gasteiger partial charge on any atom is -0.303 e. The summed E-state index contributed by atoms with van der Waals surface area (Å²) in [7, 11) is 0. The van der Waals surface area contributed by atoms with E-state index in [9.17, 15) is 9.59 Å². The van der Waals surface area contributed by atoms with Gasteiger partial charge in [-0.2, -0.15) is 0 Å². The number of unbranched alkanes of at least 4 members (excludes halogenated alkanes) is 2. The lowest BCUT2D eigenvalue weighted by molar-refractivity contribution is -0.129. The first-order valence-electron chi connectivity index (χ1n) is 3.18. The largest absolute Gasteiger partial charge is 0.303 e. The van der Waals surface area contributed by atoms with Gasteiger partial charge >= 0.3 is 0 Å². The van der Waals surface area contributed by atoms with Crippen LogP contribution in [0.4, 0.5) is 0 Å². The summed E-state index contributed by atoms with van der Waals surface area (Å²) in [6.45, 7) is 0. The van der Waals surface area contributed by atoms with Crippen LogP contribution in [0, 0.1) is 0 Å². The molecule has 0 saturated carbocycles. The fraction of sp³-hybridized carbons (Fsp3) is 0.667. The Hall–Kier alpha value is -0.900. The minimum atomic E-state index is -0.397. The number of amides is 1. The number of aldehydes is 1.